The summed E-state index contributed by atoms with van der Waals surface area (Å²) >= 11 is 0. The lowest BCUT2D eigenvalue weighted by atomic mass is 10.0. The first kappa shape index (κ1) is 13.2. The van der Waals surface area contributed by atoms with Gasteiger partial charge in [-0.15, -0.1) is 0 Å². The van der Waals surface area contributed by atoms with Gasteiger partial charge in [0.2, 0.25) is 0 Å². The lowest BCUT2D eigenvalue weighted by Gasteiger charge is -2.09. The number of ketones is 1. The number of hydrogen-bond donors (Lipinski definition) is 0. The molecule has 4 nitrogen and oxygen atoms in total. The Balaban J connectivity index is 3.28. The van der Waals surface area contributed by atoms with Gasteiger partial charge in [0.15, 0.2) is 11.6 Å². The van der Waals surface area contributed by atoms with E-state index in [2.05, 4.69) is 4.74 Å². The molecule has 0 saturated carbocycles. The Hall–Kier alpha value is -1.91. The number of carbonyl (C=O) groups excluding carboxylic acids is 2. The standard InChI is InChI=1S/C12H13FO4/c1-7(14)4-8-5-9(12(15)17-3)11(16-2)10(13)6-8/h5-6H,4H2,1-3H3. The zero-order valence-corrected chi connectivity index (χ0v) is 9.87. The van der Waals surface area contributed by atoms with Crippen molar-refractivity contribution in [2.45, 2.75) is 13.3 Å². The minimum absolute atomic E-state index is 0.0220. The van der Waals surface area contributed by atoms with Crippen LogP contribution in [0.2, 0.25) is 0 Å². The van der Waals surface area contributed by atoms with Crippen molar-refractivity contribution in [1.29, 1.82) is 0 Å². The number of esters is 1. The molecule has 0 N–H and O–H groups in total. The van der Waals surface area contributed by atoms with Crippen molar-refractivity contribution in [1.82, 2.24) is 0 Å². The highest BCUT2D eigenvalue weighted by Gasteiger charge is 2.18. The van der Waals surface area contributed by atoms with Crippen molar-refractivity contribution in [2.75, 3.05) is 14.2 Å². The van der Waals surface area contributed by atoms with E-state index in [1.165, 1.54) is 33.3 Å². The molecule has 0 bridgehead atoms. The second-order valence-electron chi connectivity index (χ2n) is 3.53. The van der Waals surface area contributed by atoms with E-state index >= 15 is 0 Å². The molecule has 0 aliphatic carbocycles. The van der Waals surface area contributed by atoms with E-state index in [4.69, 9.17) is 4.74 Å². The van der Waals surface area contributed by atoms with Gasteiger partial charge in [-0.05, 0) is 24.6 Å². The van der Waals surface area contributed by atoms with Gasteiger partial charge in [0.25, 0.3) is 0 Å². The van der Waals surface area contributed by atoms with E-state index in [1.54, 1.807) is 0 Å². The molecule has 0 fully saturated rings. The minimum Gasteiger partial charge on any atom is -0.493 e. The second-order valence-corrected chi connectivity index (χ2v) is 3.53. The van der Waals surface area contributed by atoms with E-state index < -0.39 is 11.8 Å². The number of rotatable bonds is 4. The summed E-state index contributed by atoms with van der Waals surface area (Å²) in [7, 11) is 2.45. The Labute approximate surface area is 98.3 Å². The molecular formula is C12H13FO4. The van der Waals surface area contributed by atoms with Crippen LogP contribution >= 0.6 is 0 Å². The van der Waals surface area contributed by atoms with Gasteiger partial charge in [0, 0.05) is 6.42 Å². The first-order chi connectivity index (χ1) is 7.99. The van der Waals surface area contributed by atoms with Crippen LogP contribution in [0.15, 0.2) is 12.1 Å². The summed E-state index contributed by atoms with van der Waals surface area (Å²) < 4.78 is 22.9. The van der Waals surface area contributed by atoms with Gasteiger partial charge in [-0.2, -0.15) is 0 Å². The highest BCUT2D eigenvalue weighted by Crippen LogP contribution is 2.25. The number of hydrogen-bond acceptors (Lipinski definition) is 4. The highest BCUT2D eigenvalue weighted by molar-refractivity contribution is 5.93. The molecule has 0 aromatic heterocycles. The van der Waals surface area contributed by atoms with Gasteiger partial charge >= 0.3 is 5.97 Å². The smallest absolute Gasteiger partial charge is 0.341 e. The topological polar surface area (TPSA) is 52.6 Å². The van der Waals surface area contributed by atoms with E-state index in [1.807, 2.05) is 0 Å². The van der Waals surface area contributed by atoms with Crippen LogP contribution in [0.1, 0.15) is 22.8 Å². The van der Waals surface area contributed by atoms with E-state index in [9.17, 15) is 14.0 Å². The first-order valence-corrected chi connectivity index (χ1v) is 4.93. The Kier molecular flexibility index (Phi) is 4.20. The maximum absolute atomic E-state index is 13.6. The number of carbonyl (C=O) groups is 2. The van der Waals surface area contributed by atoms with Crippen LogP contribution in [0.25, 0.3) is 0 Å². The molecule has 0 heterocycles. The minimum atomic E-state index is -0.703. The third kappa shape index (κ3) is 3.03. The average Bonchev–Trinajstić information content (AvgIpc) is 2.26. The Morgan fingerprint density at radius 2 is 1.94 bits per heavy atom. The maximum Gasteiger partial charge on any atom is 0.341 e. The molecule has 1 rings (SSSR count). The monoisotopic (exact) mass is 240 g/mol. The normalized spacial score (nSPS) is 9.88. The van der Waals surface area contributed by atoms with E-state index in [-0.39, 0.29) is 23.5 Å². The van der Waals surface area contributed by atoms with Crippen LogP contribution in [-0.2, 0) is 16.0 Å². The van der Waals surface area contributed by atoms with Crippen molar-refractivity contribution in [3.63, 3.8) is 0 Å². The van der Waals surface area contributed by atoms with Crippen LogP contribution in [0, 0.1) is 5.82 Å². The van der Waals surface area contributed by atoms with Gasteiger partial charge in [-0.1, -0.05) is 0 Å². The molecule has 5 heteroatoms. The summed E-state index contributed by atoms with van der Waals surface area (Å²) in [5.41, 5.74) is 0.391. The highest BCUT2D eigenvalue weighted by atomic mass is 19.1. The molecule has 0 amide bonds. The summed E-state index contributed by atoms with van der Waals surface area (Å²) in [6.45, 7) is 1.39. The van der Waals surface area contributed by atoms with Crippen LogP contribution in [-0.4, -0.2) is 26.0 Å². The molecule has 0 radical (unpaired) electrons. The molecule has 0 unspecified atom stereocenters. The largest absolute Gasteiger partial charge is 0.493 e. The van der Waals surface area contributed by atoms with Crippen LogP contribution in [0.5, 0.6) is 5.75 Å². The van der Waals surface area contributed by atoms with Gasteiger partial charge in [0.1, 0.15) is 11.3 Å². The van der Waals surface area contributed by atoms with Crippen molar-refractivity contribution < 1.29 is 23.5 Å². The number of Topliss-reactive ketones (excluding diaryl/α,β-unsaturated/α-hetero) is 1. The van der Waals surface area contributed by atoms with E-state index in [0.29, 0.717) is 5.56 Å². The van der Waals surface area contributed by atoms with Crippen molar-refractivity contribution in [3.8, 4) is 5.75 Å². The number of benzene rings is 1. The lowest BCUT2D eigenvalue weighted by molar-refractivity contribution is -0.116. The Morgan fingerprint density at radius 3 is 2.41 bits per heavy atom. The number of methoxy groups -OCH3 is 2. The quantitative estimate of drug-likeness (QED) is 0.752. The molecular weight excluding hydrogens is 227 g/mol. The maximum atomic E-state index is 13.6. The molecule has 0 atom stereocenters. The summed E-state index contributed by atoms with van der Waals surface area (Å²) in [5, 5.41) is 0. The third-order valence-electron chi connectivity index (χ3n) is 2.17. The predicted molar refractivity (Wildman–Crippen MR) is 58.7 cm³/mol. The van der Waals surface area contributed by atoms with Crippen LogP contribution in [0.4, 0.5) is 4.39 Å². The summed E-state index contributed by atoms with van der Waals surface area (Å²) in [6.07, 6.45) is 0.0604. The van der Waals surface area contributed by atoms with Crippen LogP contribution < -0.4 is 4.74 Å². The molecule has 0 saturated heterocycles. The van der Waals surface area contributed by atoms with Crippen molar-refractivity contribution >= 4 is 11.8 Å². The Morgan fingerprint density at radius 1 is 1.29 bits per heavy atom. The number of ether oxygens (including phenoxy) is 2. The zero-order chi connectivity index (χ0) is 13.0. The van der Waals surface area contributed by atoms with Crippen LogP contribution in [0.3, 0.4) is 0 Å². The fraction of sp³-hybridized carbons (Fsp3) is 0.333. The molecule has 92 valence electrons. The van der Waals surface area contributed by atoms with Gasteiger partial charge in [-0.25, -0.2) is 9.18 Å². The molecule has 17 heavy (non-hydrogen) atoms. The summed E-state index contributed by atoms with van der Waals surface area (Å²) in [4.78, 5) is 22.4. The second kappa shape index (κ2) is 5.43. The van der Waals surface area contributed by atoms with Gasteiger partial charge in [0.05, 0.1) is 14.2 Å². The number of halogens is 1. The van der Waals surface area contributed by atoms with Gasteiger partial charge < -0.3 is 9.47 Å². The lowest BCUT2D eigenvalue weighted by Crippen LogP contribution is -2.08. The molecule has 0 aliphatic heterocycles. The van der Waals surface area contributed by atoms with Crippen molar-refractivity contribution in [3.05, 3.63) is 29.1 Å². The van der Waals surface area contributed by atoms with Gasteiger partial charge in [-0.3, -0.25) is 4.79 Å². The molecule has 0 spiro atoms. The predicted octanol–water partition coefficient (Wildman–Crippen LogP) is 1.75. The van der Waals surface area contributed by atoms with E-state index in [0.717, 1.165) is 0 Å². The van der Waals surface area contributed by atoms with Crippen molar-refractivity contribution in [2.24, 2.45) is 0 Å². The summed E-state index contributed by atoms with van der Waals surface area (Å²) in [5.74, 6) is -1.69. The fourth-order valence-corrected chi connectivity index (χ4v) is 1.51. The molecule has 0 aliphatic rings. The fourth-order valence-electron chi connectivity index (χ4n) is 1.51. The molecule has 1 aromatic rings. The molecule has 1 aromatic carbocycles. The Bertz CT molecular complexity index is 454. The first-order valence-electron chi connectivity index (χ1n) is 4.93. The third-order valence-corrected chi connectivity index (χ3v) is 2.17. The zero-order valence-electron chi connectivity index (χ0n) is 9.87. The summed E-state index contributed by atoms with van der Waals surface area (Å²) in [6, 6.07) is 2.57. The SMILES string of the molecule is COC(=O)c1cc(CC(C)=O)cc(F)c1OC. The average molecular weight is 240 g/mol.